The highest BCUT2D eigenvalue weighted by atomic mass is 35.5. The third-order valence-corrected chi connectivity index (χ3v) is 5.63. The summed E-state index contributed by atoms with van der Waals surface area (Å²) in [6.45, 7) is 0. The number of carbonyl (C=O) groups is 2. The van der Waals surface area contributed by atoms with Crippen molar-refractivity contribution in [3.8, 4) is 5.75 Å². The zero-order valence-corrected chi connectivity index (χ0v) is 17.5. The zero-order valence-electron chi connectivity index (χ0n) is 15.1. The Morgan fingerprint density at radius 3 is 2.66 bits per heavy atom. The molecule has 3 aromatic rings. The van der Waals surface area contributed by atoms with E-state index in [9.17, 15) is 9.59 Å². The average Bonchev–Trinajstić information content (AvgIpc) is 3.14. The molecule has 150 valence electrons. The number of nitrogens with one attached hydrogen (secondary N) is 3. The molecule has 29 heavy (non-hydrogen) atoms. The molecule has 0 radical (unpaired) electrons. The fourth-order valence-electron chi connectivity index (χ4n) is 2.19. The number of thioether (sulfide) groups is 1. The third-order valence-electron chi connectivity index (χ3n) is 3.42. The third kappa shape index (κ3) is 6.34. The van der Waals surface area contributed by atoms with Gasteiger partial charge in [0.15, 0.2) is 4.34 Å². The van der Waals surface area contributed by atoms with Crippen molar-refractivity contribution in [3.63, 3.8) is 0 Å². The van der Waals surface area contributed by atoms with Gasteiger partial charge in [0, 0.05) is 10.7 Å². The minimum absolute atomic E-state index is 0.112. The van der Waals surface area contributed by atoms with E-state index in [1.165, 1.54) is 30.2 Å². The summed E-state index contributed by atoms with van der Waals surface area (Å²) in [5, 5.41) is 16.7. The number of anilines is 3. The molecular weight excluding hydrogens is 434 g/mol. The Balaban J connectivity index is 1.49. The Morgan fingerprint density at radius 1 is 1.10 bits per heavy atom. The van der Waals surface area contributed by atoms with Crippen LogP contribution in [0.1, 0.15) is 0 Å². The number of carbonyl (C=O) groups excluding carboxylic acids is 2. The number of nitrogens with zero attached hydrogens (tertiary/aromatic N) is 2. The average molecular weight is 450 g/mol. The molecule has 0 saturated carbocycles. The van der Waals surface area contributed by atoms with Gasteiger partial charge in [-0.1, -0.05) is 52.9 Å². The van der Waals surface area contributed by atoms with Gasteiger partial charge in [-0.05, 0) is 30.3 Å². The summed E-state index contributed by atoms with van der Waals surface area (Å²) in [6, 6.07) is 13.6. The number of methoxy groups -OCH3 is 1. The highest BCUT2D eigenvalue weighted by Gasteiger charge is 2.12. The van der Waals surface area contributed by atoms with Crippen molar-refractivity contribution in [2.75, 3.05) is 28.8 Å². The smallest absolute Gasteiger partial charge is 0.325 e. The van der Waals surface area contributed by atoms with Crippen LogP contribution in [0.4, 0.5) is 21.3 Å². The minimum atomic E-state index is -0.422. The first-order valence-corrected chi connectivity index (χ1v) is 10.4. The van der Waals surface area contributed by atoms with Gasteiger partial charge in [0.05, 0.1) is 18.6 Å². The van der Waals surface area contributed by atoms with Crippen LogP contribution < -0.4 is 20.7 Å². The van der Waals surface area contributed by atoms with Crippen molar-refractivity contribution in [3.05, 3.63) is 53.6 Å². The Morgan fingerprint density at radius 2 is 1.90 bits per heavy atom. The lowest BCUT2D eigenvalue weighted by molar-refractivity contribution is -0.113. The Bertz CT molecular complexity index is 1000. The van der Waals surface area contributed by atoms with Crippen molar-refractivity contribution < 1.29 is 14.3 Å². The molecule has 0 fully saturated rings. The first kappa shape index (κ1) is 20.9. The maximum atomic E-state index is 12.2. The quantitative estimate of drug-likeness (QED) is 0.360. The first-order valence-electron chi connectivity index (χ1n) is 8.26. The number of hydrogen-bond acceptors (Lipinski definition) is 7. The number of aromatic nitrogens is 2. The highest BCUT2D eigenvalue weighted by Crippen LogP contribution is 2.29. The molecule has 0 atom stereocenters. The predicted molar refractivity (Wildman–Crippen MR) is 116 cm³/mol. The number of benzene rings is 2. The van der Waals surface area contributed by atoms with E-state index in [0.717, 1.165) is 0 Å². The van der Waals surface area contributed by atoms with Crippen LogP contribution >= 0.6 is 34.7 Å². The zero-order chi connectivity index (χ0) is 20.6. The van der Waals surface area contributed by atoms with Gasteiger partial charge in [0.2, 0.25) is 11.0 Å². The van der Waals surface area contributed by atoms with Crippen LogP contribution in [0.25, 0.3) is 0 Å². The number of halogens is 1. The lowest BCUT2D eigenvalue weighted by Crippen LogP contribution is -2.19. The molecule has 0 spiro atoms. The van der Waals surface area contributed by atoms with Gasteiger partial charge in [0.1, 0.15) is 5.75 Å². The standard InChI is InChI=1S/C18H16ClN5O3S2/c1-27-14-8-7-11(19)9-13(14)21-15(25)10-28-18-24-23-17(29-18)22-16(26)20-12-5-3-2-4-6-12/h2-9H,10H2,1H3,(H,21,25)(H2,20,22,23,26). The normalized spacial score (nSPS) is 10.3. The van der Waals surface area contributed by atoms with Crippen LogP contribution in [0.3, 0.4) is 0 Å². The maximum Gasteiger partial charge on any atom is 0.325 e. The number of rotatable bonds is 7. The van der Waals surface area contributed by atoms with Crippen LogP contribution in [-0.2, 0) is 4.79 Å². The molecule has 0 bridgehead atoms. The SMILES string of the molecule is COc1ccc(Cl)cc1NC(=O)CSc1nnc(NC(=O)Nc2ccccc2)s1. The van der Waals surface area contributed by atoms with Crippen molar-refractivity contribution in [2.45, 2.75) is 4.34 Å². The molecule has 3 amide bonds. The monoisotopic (exact) mass is 449 g/mol. The van der Waals surface area contributed by atoms with Crippen LogP contribution in [0.2, 0.25) is 5.02 Å². The molecule has 1 heterocycles. The van der Waals surface area contributed by atoms with E-state index in [4.69, 9.17) is 16.3 Å². The van der Waals surface area contributed by atoms with Gasteiger partial charge >= 0.3 is 6.03 Å². The van der Waals surface area contributed by atoms with E-state index < -0.39 is 6.03 Å². The fraction of sp³-hybridized carbons (Fsp3) is 0.111. The van der Waals surface area contributed by atoms with Gasteiger partial charge in [-0.15, -0.1) is 10.2 Å². The number of para-hydroxylation sites is 1. The van der Waals surface area contributed by atoms with Crippen molar-refractivity contribution in [1.82, 2.24) is 10.2 Å². The van der Waals surface area contributed by atoms with Crippen LogP contribution in [0, 0.1) is 0 Å². The molecule has 0 aliphatic rings. The van der Waals surface area contributed by atoms with Gasteiger partial charge in [-0.25, -0.2) is 4.79 Å². The Kier molecular flexibility index (Phi) is 7.28. The molecule has 2 aromatic carbocycles. The molecule has 8 nitrogen and oxygen atoms in total. The number of ether oxygens (including phenoxy) is 1. The van der Waals surface area contributed by atoms with Gasteiger partial charge in [0.25, 0.3) is 0 Å². The molecule has 1 aromatic heterocycles. The summed E-state index contributed by atoms with van der Waals surface area (Å²) >= 11 is 8.34. The topological polar surface area (TPSA) is 105 Å². The summed E-state index contributed by atoms with van der Waals surface area (Å²) in [4.78, 5) is 24.2. The summed E-state index contributed by atoms with van der Waals surface area (Å²) in [5.74, 6) is 0.377. The Hall–Kier alpha value is -2.82. The van der Waals surface area contributed by atoms with Crippen molar-refractivity contribution in [1.29, 1.82) is 0 Å². The molecule has 0 aliphatic heterocycles. The molecule has 3 N–H and O–H groups in total. The van der Waals surface area contributed by atoms with Crippen LogP contribution in [-0.4, -0.2) is 35.0 Å². The first-order chi connectivity index (χ1) is 14.0. The maximum absolute atomic E-state index is 12.2. The molecule has 0 saturated heterocycles. The second-order valence-corrected chi connectivity index (χ2v) is 8.14. The number of amides is 3. The lowest BCUT2D eigenvalue weighted by Gasteiger charge is -2.09. The van der Waals surface area contributed by atoms with Crippen molar-refractivity contribution in [2.24, 2.45) is 0 Å². The van der Waals surface area contributed by atoms with Gasteiger partial charge in [-0.3, -0.25) is 10.1 Å². The van der Waals surface area contributed by atoms with Crippen molar-refractivity contribution >= 4 is 63.1 Å². The van der Waals surface area contributed by atoms with Crippen LogP contribution in [0.5, 0.6) is 5.75 Å². The molecule has 0 unspecified atom stereocenters. The van der Waals surface area contributed by atoms with E-state index in [2.05, 4.69) is 26.1 Å². The largest absolute Gasteiger partial charge is 0.495 e. The number of hydrogen-bond donors (Lipinski definition) is 3. The van der Waals surface area contributed by atoms with E-state index in [0.29, 0.717) is 31.6 Å². The van der Waals surface area contributed by atoms with E-state index in [1.807, 2.05) is 18.2 Å². The molecule has 11 heteroatoms. The second-order valence-electron chi connectivity index (χ2n) is 5.50. The summed E-state index contributed by atoms with van der Waals surface area (Å²) in [7, 11) is 1.51. The predicted octanol–water partition coefficient (Wildman–Crippen LogP) is 4.57. The highest BCUT2D eigenvalue weighted by molar-refractivity contribution is 8.01. The summed E-state index contributed by atoms with van der Waals surface area (Å²) < 4.78 is 5.75. The minimum Gasteiger partial charge on any atom is -0.495 e. The van der Waals surface area contributed by atoms with Gasteiger partial charge in [-0.2, -0.15) is 0 Å². The molecular formula is C18H16ClN5O3S2. The molecule has 3 rings (SSSR count). The fourth-order valence-corrected chi connectivity index (χ4v) is 3.91. The summed E-state index contributed by atoms with van der Waals surface area (Å²) in [6.07, 6.45) is 0. The lowest BCUT2D eigenvalue weighted by atomic mass is 10.3. The van der Waals surface area contributed by atoms with E-state index in [-0.39, 0.29) is 11.7 Å². The van der Waals surface area contributed by atoms with Crippen LogP contribution in [0.15, 0.2) is 52.9 Å². The van der Waals surface area contributed by atoms with E-state index >= 15 is 0 Å². The summed E-state index contributed by atoms with van der Waals surface area (Å²) in [5.41, 5.74) is 1.15. The Labute approximate surface area is 180 Å². The second kappa shape index (κ2) is 10.1. The van der Waals surface area contributed by atoms with Gasteiger partial charge < -0.3 is 15.4 Å². The number of urea groups is 1. The van der Waals surface area contributed by atoms with E-state index in [1.54, 1.807) is 30.3 Å². The molecule has 0 aliphatic carbocycles.